The fraction of sp³-hybridized carbons (Fsp3) is 0.435. The summed E-state index contributed by atoms with van der Waals surface area (Å²) in [7, 11) is 0. The van der Waals surface area contributed by atoms with Crippen LogP contribution in [0.3, 0.4) is 0 Å². The lowest BCUT2D eigenvalue weighted by Crippen LogP contribution is -2.41. The lowest BCUT2D eigenvalue weighted by molar-refractivity contribution is 0.0871. The van der Waals surface area contributed by atoms with Crippen molar-refractivity contribution in [2.45, 2.75) is 39.7 Å². The van der Waals surface area contributed by atoms with Gasteiger partial charge in [0.1, 0.15) is 22.9 Å². The summed E-state index contributed by atoms with van der Waals surface area (Å²) in [4.78, 5) is 15.2. The number of likely N-dealkylation sites (tertiary alicyclic amines) is 1. The average Bonchev–Trinajstić information content (AvgIpc) is 3.27. The third-order valence-corrected chi connectivity index (χ3v) is 5.91. The van der Waals surface area contributed by atoms with Crippen molar-refractivity contribution in [1.29, 1.82) is 0 Å². The van der Waals surface area contributed by atoms with E-state index in [1.165, 1.54) is 12.1 Å². The molecule has 0 bridgehead atoms. The van der Waals surface area contributed by atoms with Crippen molar-refractivity contribution >= 4 is 29.3 Å². The molecule has 1 N–H and O–H groups in total. The number of rotatable bonds is 5. The van der Waals surface area contributed by atoms with Crippen LogP contribution in [0, 0.1) is 25.6 Å². The number of piperidine rings is 1. The van der Waals surface area contributed by atoms with Crippen LogP contribution in [-0.4, -0.2) is 30.4 Å². The molecule has 4 rings (SSSR count). The molecule has 1 fully saturated rings. The molecule has 1 saturated heterocycles. The molecular formula is C23H28ClFN2O3. The first kappa shape index (κ1) is 22.4. The zero-order valence-electron chi connectivity index (χ0n) is 17.5. The van der Waals surface area contributed by atoms with Gasteiger partial charge in [-0.3, -0.25) is 9.69 Å². The maximum absolute atomic E-state index is 13.5. The van der Waals surface area contributed by atoms with Crippen molar-refractivity contribution in [2.24, 2.45) is 5.92 Å². The highest BCUT2D eigenvalue weighted by Crippen LogP contribution is 2.29. The van der Waals surface area contributed by atoms with Gasteiger partial charge in [0.25, 0.3) is 5.91 Å². The number of hydrogen-bond acceptors (Lipinski definition) is 4. The van der Waals surface area contributed by atoms with Crippen LogP contribution in [0.2, 0.25) is 0 Å². The molecule has 1 unspecified atom stereocenters. The second kappa shape index (κ2) is 9.23. The average molecular weight is 435 g/mol. The lowest BCUT2D eigenvalue weighted by Gasteiger charge is -2.35. The number of amides is 1. The van der Waals surface area contributed by atoms with Gasteiger partial charge in [0.05, 0.1) is 6.04 Å². The highest BCUT2D eigenvalue weighted by molar-refractivity contribution is 5.98. The van der Waals surface area contributed by atoms with Gasteiger partial charge in [0.15, 0.2) is 5.76 Å². The first-order chi connectivity index (χ1) is 13.9. The molecule has 30 heavy (non-hydrogen) atoms. The van der Waals surface area contributed by atoms with Crippen LogP contribution in [0.5, 0.6) is 0 Å². The van der Waals surface area contributed by atoms with Crippen LogP contribution in [-0.2, 0) is 0 Å². The Balaban J connectivity index is 0.00000256. The molecule has 3 aromatic rings. The number of benzene rings is 1. The number of carbonyl (C=O) groups is 1. The Morgan fingerprint density at radius 2 is 1.93 bits per heavy atom. The molecule has 162 valence electrons. The molecule has 1 aliphatic rings. The van der Waals surface area contributed by atoms with Crippen LogP contribution in [0.4, 0.5) is 4.39 Å². The maximum Gasteiger partial charge on any atom is 0.287 e. The molecule has 1 atom stereocenters. The Hall–Kier alpha value is -2.31. The Bertz CT molecular complexity index is 1020. The van der Waals surface area contributed by atoms with Crippen LogP contribution in [0.15, 0.2) is 39.2 Å². The van der Waals surface area contributed by atoms with E-state index in [0.717, 1.165) is 43.4 Å². The number of halogens is 2. The van der Waals surface area contributed by atoms with Crippen LogP contribution >= 0.6 is 12.4 Å². The van der Waals surface area contributed by atoms with E-state index < -0.39 is 0 Å². The molecule has 1 aromatic carbocycles. The van der Waals surface area contributed by atoms with Crippen molar-refractivity contribution in [3.63, 3.8) is 0 Å². The minimum absolute atomic E-state index is 0. The maximum atomic E-state index is 13.5. The molecule has 2 aromatic heterocycles. The van der Waals surface area contributed by atoms with Gasteiger partial charge in [0, 0.05) is 17.5 Å². The van der Waals surface area contributed by atoms with Gasteiger partial charge >= 0.3 is 0 Å². The first-order valence-corrected chi connectivity index (χ1v) is 10.2. The minimum atomic E-state index is -0.346. The Morgan fingerprint density at radius 1 is 1.20 bits per heavy atom. The predicted molar refractivity (Wildman–Crippen MR) is 117 cm³/mol. The number of hydrogen-bond donors (Lipinski definition) is 1. The Labute approximate surface area is 182 Å². The smallest absolute Gasteiger partial charge is 0.287 e. The summed E-state index contributed by atoms with van der Waals surface area (Å²) < 4.78 is 25.1. The molecular weight excluding hydrogens is 407 g/mol. The number of carbonyl (C=O) groups excluding carboxylic acids is 1. The number of furan rings is 2. The van der Waals surface area contributed by atoms with Crippen molar-refractivity contribution < 1.29 is 18.0 Å². The fourth-order valence-electron chi connectivity index (χ4n) is 4.06. The third kappa shape index (κ3) is 4.55. The monoisotopic (exact) mass is 434 g/mol. The SMILES string of the molecule is Cc1ccc(C(CNC(=O)c2oc3ccc(F)cc3c2C)N2CCC(C)CC2)o1.Cl. The van der Waals surface area contributed by atoms with E-state index in [9.17, 15) is 9.18 Å². The topological polar surface area (TPSA) is 58.6 Å². The standard InChI is InChI=1S/C23H27FN2O3.ClH/c1-14-8-10-26(11-9-14)19(21-6-4-15(2)28-21)13-25-23(27)22-16(3)18-12-17(24)5-7-20(18)29-22;/h4-7,12,14,19H,8-11,13H2,1-3H3,(H,25,27);1H. The van der Waals surface area contributed by atoms with Crippen molar-refractivity contribution in [1.82, 2.24) is 10.2 Å². The van der Waals surface area contributed by atoms with Gasteiger partial charge < -0.3 is 14.2 Å². The summed E-state index contributed by atoms with van der Waals surface area (Å²) in [6.45, 7) is 8.35. The van der Waals surface area contributed by atoms with Crippen molar-refractivity contribution in [2.75, 3.05) is 19.6 Å². The van der Waals surface area contributed by atoms with E-state index in [1.54, 1.807) is 13.0 Å². The zero-order valence-corrected chi connectivity index (χ0v) is 18.4. The number of nitrogens with one attached hydrogen (secondary N) is 1. The molecule has 3 heterocycles. The fourth-order valence-corrected chi connectivity index (χ4v) is 4.06. The summed E-state index contributed by atoms with van der Waals surface area (Å²) >= 11 is 0. The summed E-state index contributed by atoms with van der Waals surface area (Å²) in [6.07, 6.45) is 2.27. The van der Waals surface area contributed by atoms with Crippen molar-refractivity contribution in [3.8, 4) is 0 Å². The van der Waals surface area contributed by atoms with Gasteiger partial charge in [-0.2, -0.15) is 0 Å². The molecule has 0 spiro atoms. The van der Waals surface area contributed by atoms with Gasteiger partial charge in [-0.25, -0.2) is 4.39 Å². The highest BCUT2D eigenvalue weighted by Gasteiger charge is 2.28. The summed E-state index contributed by atoms with van der Waals surface area (Å²) in [6, 6.07) is 8.20. The molecule has 0 aliphatic carbocycles. The second-order valence-corrected chi connectivity index (χ2v) is 8.09. The number of fused-ring (bicyclic) bond motifs is 1. The van der Waals surface area contributed by atoms with Gasteiger partial charge in [0.2, 0.25) is 0 Å². The van der Waals surface area contributed by atoms with Crippen LogP contribution in [0.1, 0.15) is 53.4 Å². The molecule has 0 radical (unpaired) electrons. The zero-order chi connectivity index (χ0) is 20.5. The quantitative estimate of drug-likeness (QED) is 0.583. The normalized spacial score (nSPS) is 16.4. The van der Waals surface area contributed by atoms with Gasteiger partial charge in [-0.15, -0.1) is 12.4 Å². The lowest BCUT2D eigenvalue weighted by atomic mass is 9.97. The van der Waals surface area contributed by atoms with Gasteiger partial charge in [-0.1, -0.05) is 6.92 Å². The summed E-state index contributed by atoms with van der Waals surface area (Å²) in [5.74, 6) is 2.03. The third-order valence-electron chi connectivity index (χ3n) is 5.91. The van der Waals surface area contributed by atoms with E-state index in [4.69, 9.17) is 8.83 Å². The van der Waals surface area contributed by atoms with E-state index in [0.29, 0.717) is 23.1 Å². The van der Waals surface area contributed by atoms with E-state index in [2.05, 4.69) is 17.1 Å². The molecule has 1 amide bonds. The highest BCUT2D eigenvalue weighted by atomic mass is 35.5. The first-order valence-electron chi connectivity index (χ1n) is 10.2. The van der Waals surface area contributed by atoms with Crippen molar-refractivity contribution in [3.05, 3.63) is 59.0 Å². The summed E-state index contributed by atoms with van der Waals surface area (Å²) in [5.41, 5.74) is 1.16. The second-order valence-electron chi connectivity index (χ2n) is 8.09. The molecule has 0 saturated carbocycles. The Morgan fingerprint density at radius 3 is 2.60 bits per heavy atom. The van der Waals surface area contributed by atoms with Gasteiger partial charge in [-0.05, 0) is 76.0 Å². The van der Waals surface area contributed by atoms with E-state index >= 15 is 0 Å². The van der Waals surface area contributed by atoms with Crippen LogP contribution in [0.25, 0.3) is 11.0 Å². The van der Waals surface area contributed by atoms with E-state index in [-0.39, 0.29) is 35.9 Å². The van der Waals surface area contributed by atoms with E-state index in [1.807, 2.05) is 19.1 Å². The molecule has 5 nitrogen and oxygen atoms in total. The largest absolute Gasteiger partial charge is 0.465 e. The predicted octanol–water partition coefficient (Wildman–Crippen LogP) is 5.41. The molecule has 1 aliphatic heterocycles. The summed E-state index contributed by atoms with van der Waals surface area (Å²) in [5, 5.41) is 3.63. The Kier molecular flexibility index (Phi) is 6.88. The number of aryl methyl sites for hydroxylation is 2. The minimum Gasteiger partial charge on any atom is -0.465 e. The van der Waals surface area contributed by atoms with Crippen LogP contribution < -0.4 is 5.32 Å². The number of nitrogens with zero attached hydrogens (tertiary/aromatic N) is 1. The molecule has 7 heteroatoms.